The summed E-state index contributed by atoms with van der Waals surface area (Å²) in [5, 5.41) is 1.11. The molecule has 2 nitrogen and oxygen atoms in total. The molecule has 0 aliphatic carbocycles. The summed E-state index contributed by atoms with van der Waals surface area (Å²) in [6.45, 7) is 4.34. The van der Waals surface area contributed by atoms with Crippen molar-refractivity contribution in [3.05, 3.63) is 30.1 Å². The molecule has 0 unspecified atom stereocenters. The number of nitrogens with zero attached hydrogens (tertiary/aromatic N) is 2. The summed E-state index contributed by atoms with van der Waals surface area (Å²) in [7, 11) is 1.99. The van der Waals surface area contributed by atoms with Gasteiger partial charge < -0.3 is 9.55 Å². The van der Waals surface area contributed by atoms with Gasteiger partial charge in [0.25, 0.3) is 0 Å². The van der Waals surface area contributed by atoms with E-state index < -0.39 is 0 Å². The van der Waals surface area contributed by atoms with Gasteiger partial charge >= 0.3 is 32.7 Å². The fourth-order valence-electron chi connectivity index (χ4n) is 1.40. The zero-order valence-electron chi connectivity index (χ0n) is 8.78. The van der Waals surface area contributed by atoms with Crippen molar-refractivity contribution in [2.45, 2.75) is 19.8 Å². The molecule has 0 spiro atoms. The third kappa shape index (κ3) is 2.07. The minimum atomic E-state index is 0. The number of aryl methyl sites for hydroxylation is 1. The summed E-state index contributed by atoms with van der Waals surface area (Å²) >= 11 is 0. The van der Waals surface area contributed by atoms with Crippen LogP contribution in [0.3, 0.4) is 0 Å². The van der Waals surface area contributed by atoms with Crippen LogP contribution in [0.1, 0.15) is 25.3 Å². The third-order valence-electron chi connectivity index (χ3n) is 2.30. The minimum absolute atomic E-state index is 0. The van der Waals surface area contributed by atoms with Gasteiger partial charge in [-0.1, -0.05) is 25.6 Å². The number of hydrogen-bond donors (Lipinski definition) is 0. The first-order valence-electron chi connectivity index (χ1n) is 4.51. The zero-order valence-corrected chi connectivity index (χ0v) is 11.6. The van der Waals surface area contributed by atoms with Gasteiger partial charge in [-0.2, -0.15) is 12.1 Å². The smallest absolute Gasteiger partial charge is 0.399 e. The van der Waals surface area contributed by atoms with Crippen LogP contribution in [-0.4, -0.2) is 9.55 Å². The maximum Gasteiger partial charge on any atom is 3.00 e. The molecule has 2 heterocycles. The molecule has 0 saturated heterocycles. The summed E-state index contributed by atoms with van der Waals surface area (Å²) in [5.74, 6) is 0.533. The van der Waals surface area contributed by atoms with Crippen molar-refractivity contribution in [3.63, 3.8) is 0 Å². The predicted molar refractivity (Wildman–Crippen MR) is 53.6 cm³/mol. The van der Waals surface area contributed by atoms with E-state index in [-0.39, 0.29) is 32.7 Å². The van der Waals surface area contributed by atoms with Crippen molar-refractivity contribution in [2.75, 3.05) is 0 Å². The zero-order chi connectivity index (χ0) is 9.42. The molecule has 68 valence electrons. The minimum Gasteiger partial charge on any atom is -0.399 e. The van der Waals surface area contributed by atoms with Crippen LogP contribution in [0.5, 0.6) is 0 Å². The van der Waals surface area contributed by atoms with Crippen molar-refractivity contribution in [3.8, 4) is 0 Å². The Kier molecular flexibility index (Phi) is 3.85. The van der Waals surface area contributed by atoms with Crippen LogP contribution in [-0.2, 0) is 39.8 Å². The molecule has 0 radical (unpaired) electrons. The molecule has 0 saturated carbocycles. The predicted octanol–water partition coefficient (Wildman–Crippen LogP) is 2.49. The van der Waals surface area contributed by atoms with E-state index in [2.05, 4.69) is 31.0 Å². The van der Waals surface area contributed by atoms with Gasteiger partial charge in [-0.3, -0.25) is 0 Å². The normalized spacial score (nSPS) is 10.6. The van der Waals surface area contributed by atoms with Crippen LogP contribution in [0.15, 0.2) is 18.5 Å². The third-order valence-corrected chi connectivity index (χ3v) is 2.30. The van der Waals surface area contributed by atoms with Crippen LogP contribution in [0, 0.1) is 6.07 Å². The van der Waals surface area contributed by atoms with E-state index in [4.69, 9.17) is 0 Å². The van der Waals surface area contributed by atoms with Gasteiger partial charge in [-0.05, 0) is 13.0 Å². The Morgan fingerprint density at radius 2 is 2.14 bits per heavy atom. The van der Waals surface area contributed by atoms with Crippen molar-refractivity contribution in [1.82, 2.24) is 9.55 Å². The van der Waals surface area contributed by atoms with E-state index in [0.29, 0.717) is 5.92 Å². The van der Waals surface area contributed by atoms with Gasteiger partial charge in [0.2, 0.25) is 0 Å². The fraction of sp³-hybridized carbons (Fsp3) is 0.364. The Morgan fingerprint density at radius 1 is 1.43 bits per heavy atom. The molecule has 0 aliphatic rings. The molecule has 0 aromatic carbocycles. The molecule has 2 aromatic heterocycles. The van der Waals surface area contributed by atoms with Crippen LogP contribution in [0.25, 0.3) is 11.0 Å². The fourth-order valence-corrected chi connectivity index (χ4v) is 1.40. The monoisotopic (exact) mass is 262 g/mol. The van der Waals surface area contributed by atoms with E-state index in [9.17, 15) is 0 Å². The van der Waals surface area contributed by atoms with Gasteiger partial charge in [-0.15, -0.1) is 5.39 Å². The van der Waals surface area contributed by atoms with Crippen molar-refractivity contribution < 1.29 is 32.7 Å². The summed E-state index contributed by atoms with van der Waals surface area (Å²) in [6, 6.07) is 5.34. The SMILES string of the molecule is CC(C)c1cnc2c([c-]cn2C)c1.[Y+3]. The standard InChI is InChI=1S/C11H13N2.Y/c1-8(2)10-6-9-4-5-13(3)11(9)12-7-10;/h5-8H,1-3H3;/q-1;+3. The second kappa shape index (κ2) is 4.54. The van der Waals surface area contributed by atoms with Crippen molar-refractivity contribution in [2.24, 2.45) is 7.05 Å². The quantitative estimate of drug-likeness (QED) is 0.722. The molecule has 0 aliphatic heterocycles. The van der Waals surface area contributed by atoms with Gasteiger partial charge in [0, 0.05) is 11.8 Å². The molecule has 3 heteroatoms. The van der Waals surface area contributed by atoms with Gasteiger partial charge in [0.15, 0.2) is 0 Å². The van der Waals surface area contributed by atoms with E-state index in [1.165, 1.54) is 5.56 Å². The van der Waals surface area contributed by atoms with E-state index >= 15 is 0 Å². The molecule has 0 fully saturated rings. The molecule has 0 atom stereocenters. The van der Waals surface area contributed by atoms with Crippen LogP contribution in [0.4, 0.5) is 0 Å². The molecular formula is C11H13N2Y+2. The van der Waals surface area contributed by atoms with Gasteiger partial charge in [0.05, 0.1) is 0 Å². The Balaban J connectivity index is 0.000000980. The van der Waals surface area contributed by atoms with Crippen molar-refractivity contribution in [1.29, 1.82) is 0 Å². The van der Waals surface area contributed by atoms with Gasteiger partial charge in [0.1, 0.15) is 0 Å². The average Bonchev–Trinajstić information content (AvgIpc) is 2.47. The summed E-state index contributed by atoms with van der Waals surface area (Å²) in [5.41, 5.74) is 2.28. The molecule has 2 aromatic rings. The molecule has 0 N–H and O–H groups in total. The van der Waals surface area contributed by atoms with Crippen LogP contribution < -0.4 is 0 Å². The maximum absolute atomic E-state index is 4.39. The first-order chi connectivity index (χ1) is 6.18. The Labute approximate surface area is 110 Å². The molecule has 2 rings (SSSR count). The summed E-state index contributed by atoms with van der Waals surface area (Å²) in [4.78, 5) is 4.39. The second-order valence-electron chi connectivity index (χ2n) is 3.68. The number of hydrogen-bond acceptors (Lipinski definition) is 1. The Hall–Kier alpha value is -0.206. The first-order valence-corrected chi connectivity index (χ1v) is 4.51. The number of fused-ring (bicyclic) bond motifs is 1. The molecular weight excluding hydrogens is 249 g/mol. The van der Waals surface area contributed by atoms with E-state index in [1.807, 2.05) is 24.0 Å². The van der Waals surface area contributed by atoms with Gasteiger partial charge in [-0.25, -0.2) is 0 Å². The average molecular weight is 262 g/mol. The number of aromatic nitrogens is 2. The van der Waals surface area contributed by atoms with Crippen molar-refractivity contribution >= 4 is 11.0 Å². The molecule has 14 heavy (non-hydrogen) atoms. The van der Waals surface area contributed by atoms with E-state index in [1.54, 1.807) is 0 Å². The Morgan fingerprint density at radius 3 is 2.79 bits per heavy atom. The summed E-state index contributed by atoms with van der Waals surface area (Å²) in [6.07, 6.45) is 3.86. The number of rotatable bonds is 1. The largest absolute Gasteiger partial charge is 3.00 e. The molecule has 0 amide bonds. The second-order valence-corrected chi connectivity index (χ2v) is 3.68. The van der Waals surface area contributed by atoms with Crippen LogP contribution in [0.2, 0.25) is 0 Å². The summed E-state index contributed by atoms with van der Waals surface area (Å²) < 4.78 is 1.99. The Bertz CT molecular complexity index is 432. The van der Waals surface area contributed by atoms with E-state index in [0.717, 1.165) is 11.0 Å². The number of pyridine rings is 1. The molecule has 0 bridgehead atoms. The maximum atomic E-state index is 4.39. The van der Waals surface area contributed by atoms with Crippen LogP contribution >= 0.6 is 0 Å². The first kappa shape index (κ1) is 11.9. The topological polar surface area (TPSA) is 17.8 Å².